The van der Waals surface area contributed by atoms with Crippen LogP contribution in [-0.2, 0) is 23.9 Å². The number of rotatable bonds is 4. The van der Waals surface area contributed by atoms with Crippen molar-refractivity contribution < 1.29 is 23.9 Å². The normalized spacial score (nSPS) is 11.4. The number of methoxy groups -OCH3 is 2. The Morgan fingerprint density at radius 1 is 1.00 bits per heavy atom. The fraction of sp³-hybridized carbons (Fsp3) is 0.250. The molecule has 0 aliphatic heterocycles. The zero-order chi connectivity index (χ0) is 12.8. The first-order chi connectivity index (χ1) is 8.11. The fourth-order valence-corrected chi connectivity index (χ4v) is 1.38. The monoisotopic (exact) mass is 236 g/mol. The highest BCUT2D eigenvalue weighted by Gasteiger charge is 2.34. The molecule has 0 aliphatic carbocycles. The van der Waals surface area contributed by atoms with Gasteiger partial charge in [0.25, 0.3) is 5.78 Å². The third-order valence-corrected chi connectivity index (χ3v) is 2.22. The smallest absolute Gasteiger partial charge is 0.375 e. The van der Waals surface area contributed by atoms with E-state index in [2.05, 4.69) is 9.47 Å². The topological polar surface area (TPSA) is 69.7 Å². The molecule has 0 saturated carbocycles. The fourth-order valence-electron chi connectivity index (χ4n) is 1.38. The second kappa shape index (κ2) is 5.79. The molecular weight excluding hydrogens is 224 g/mol. The number of hydrogen-bond acceptors (Lipinski definition) is 5. The average Bonchev–Trinajstić information content (AvgIpc) is 2.38. The lowest BCUT2D eigenvalue weighted by atomic mass is 9.95. The minimum absolute atomic E-state index is 0.398. The Balaban J connectivity index is 3.09. The molecule has 0 N–H and O–H groups in total. The van der Waals surface area contributed by atoms with E-state index >= 15 is 0 Å². The van der Waals surface area contributed by atoms with Gasteiger partial charge in [0.1, 0.15) is 0 Å². The molecule has 0 aromatic heterocycles. The number of esters is 2. The predicted octanol–water partition coefficient (Wildman–Crippen LogP) is 0.685. The molecule has 5 nitrogen and oxygen atoms in total. The Hall–Kier alpha value is -2.17. The summed E-state index contributed by atoms with van der Waals surface area (Å²) < 4.78 is 8.83. The van der Waals surface area contributed by atoms with Crippen LogP contribution in [0.2, 0.25) is 0 Å². The molecule has 17 heavy (non-hydrogen) atoms. The summed E-state index contributed by atoms with van der Waals surface area (Å²) in [6, 6.07) is 8.21. The van der Waals surface area contributed by atoms with Gasteiger partial charge >= 0.3 is 11.9 Å². The van der Waals surface area contributed by atoms with Crippen LogP contribution < -0.4 is 0 Å². The second-order valence-corrected chi connectivity index (χ2v) is 3.22. The first-order valence-corrected chi connectivity index (χ1v) is 4.86. The number of ketones is 1. The van der Waals surface area contributed by atoms with Gasteiger partial charge in [-0.2, -0.15) is 0 Å². The summed E-state index contributed by atoms with van der Waals surface area (Å²) in [5.74, 6) is -4.06. The quantitative estimate of drug-likeness (QED) is 0.437. The van der Waals surface area contributed by atoms with Gasteiger partial charge in [0.05, 0.1) is 14.2 Å². The lowest BCUT2D eigenvalue weighted by Gasteiger charge is -2.12. The zero-order valence-corrected chi connectivity index (χ0v) is 9.51. The van der Waals surface area contributed by atoms with Crippen molar-refractivity contribution in [3.63, 3.8) is 0 Å². The molecule has 0 amide bonds. The van der Waals surface area contributed by atoms with Gasteiger partial charge in [-0.25, -0.2) is 4.79 Å². The Labute approximate surface area is 98.3 Å². The van der Waals surface area contributed by atoms with Crippen LogP contribution >= 0.6 is 0 Å². The van der Waals surface area contributed by atoms with Crippen LogP contribution in [0.3, 0.4) is 0 Å². The van der Waals surface area contributed by atoms with E-state index in [9.17, 15) is 14.4 Å². The van der Waals surface area contributed by atoms with Crippen LogP contribution in [-0.4, -0.2) is 31.9 Å². The SMILES string of the molecule is COC(=O)C(=O)[C@@H](C(=O)OC)c1ccccc1. The van der Waals surface area contributed by atoms with Gasteiger partial charge in [0.2, 0.25) is 0 Å². The molecule has 1 aromatic carbocycles. The predicted molar refractivity (Wildman–Crippen MR) is 58.2 cm³/mol. The molecule has 0 bridgehead atoms. The van der Waals surface area contributed by atoms with Gasteiger partial charge < -0.3 is 9.47 Å². The van der Waals surface area contributed by atoms with E-state index in [1.165, 1.54) is 0 Å². The molecule has 5 heteroatoms. The molecule has 0 heterocycles. The highest BCUT2D eigenvalue weighted by Crippen LogP contribution is 2.18. The molecule has 0 unspecified atom stereocenters. The van der Waals surface area contributed by atoms with E-state index in [-0.39, 0.29) is 0 Å². The first kappa shape index (κ1) is 12.9. The minimum Gasteiger partial charge on any atom is -0.468 e. The Kier molecular flexibility index (Phi) is 4.39. The van der Waals surface area contributed by atoms with Gasteiger partial charge in [0.15, 0.2) is 5.92 Å². The van der Waals surface area contributed by atoms with Gasteiger partial charge in [0, 0.05) is 0 Å². The number of benzene rings is 1. The van der Waals surface area contributed by atoms with E-state index in [0.29, 0.717) is 5.56 Å². The summed E-state index contributed by atoms with van der Waals surface area (Å²) in [6.45, 7) is 0. The van der Waals surface area contributed by atoms with Crippen LogP contribution in [0, 0.1) is 0 Å². The van der Waals surface area contributed by atoms with Gasteiger partial charge in [-0.05, 0) is 5.56 Å². The van der Waals surface area contributed by atoms with Crippen molar-refractivity contribution in [2.45, 2.75) is 5.92 Å². The Morgan fingerprint density at radius 2 is 1.59 bits per heavy atom. The van der Waals surface area contributed by atoms with Crippen molar-refractivity contribution in [3.8, 4) is 0 Å². The van der Waals surface area contributed by atoms with Crippen LogP contribution in [0.4, 0.5) is 0 Å². The maximum Gasteiger partial charge on any atom is 0.375 e. The second-order valence-electron chi connectivity index (χ2n) is 3.22. The van der Waals surface area contributed by atoms with E-state index in [1.54, 1.807) is 30.3 Å². The lowest BCUT2D eigenvalue weighted by Crippen LogP contribution is -2.30. The van der Waals surface area contributed by atoms with E-state index < -0.39 is 23.6 Å². The van der Waals surface area contributed by atoms with E-state index in [1.807, 2.05) is 0 Å². The molecule has 90 valence electrons. The van der Waals surface area contributed by atoms with Crippen molar-refractivity contribution in [2.24, 2.45) is 0 Å². The molecule has 1 rings (SSSR count). The summed E-state index contributed by atoms with van der Waals surface area (Å²) in [5, 5.41) is 0. The van der Waals surface area contributed by atoms with Crippen LogP contribution in [0.1, 0.15) is 11.5 Å². The summed E-state index contributed by atoms with van der Waals surface area (Å²) in [7, 11) is 2.24. The van der Waals surface area contributed by atoms with E-state index in [0.717, 1.165) is 14.2 Å². The third-order valence-electron chi connectivity index (χ3n) is 2.22. The molecule has 0 aliphatic rings. The lowest BCUT2D eigenvalue weighted by molar-refractivity contribution is -0.157. The maximum absolute atomic E-state index is 11.7. The third kappa shape index (κ3) is 2.90. The standard InChI is InChI=1S/C12H12O5/c1-16-11(14)9(10(13)12(15)17-2)8-6-4-3-5-7-8/h3-7,9H,1-2H3/t9-/m0/s1. The minimum atomic E-state index is -1.27. The van der Waals surface area contributed by atoms with E-state index in [4.69, 9.17) is 0 Å². The van der Waals surface area contributed by atoms with Crippen molar-refractivity contribution in [1.29, 1.82) is 0 Å². The number of ether oxygens (including phenoxy) is 2. The molecular formula is C12H12O5. The largest absolute Gasteiger partial charge is 0.468 e. The van der Waals surface area contributed by atoms with Gasteiger partial charge in [-0.1, -0.05) is 30.3 Å². The summed E-state index contributed by atoms with van der Waals surface area (Å²) in [6.07, 6.45) is 0. The van der Waals surface area contributed by atoms with Crippen molar-refractivity contribution >= 4 is 17.7 Å². The highest BCUT2D eigenvalue weighted by atomic mass is 16.5. The number of carbonyl (C=O) groups is 3. The molecule has 0 saturated heterocycles. The van der Waals surface area contributed by atoms with Crippen molar-refractivity contribution in [1.82, 2.24) is 0 Å². The van der Waals surface area contributed by atoms with Gasteiger partial charge in [-0.3, -0.25) is 9.59 Å². The first-order valence-electron chi connectivity index (χ1n) is 4.86. The molecule has 1 atom stereocenters. The zero-order valence-electron chi connectivity index (χ0n) is 9.51. The number of carbonyl (C=O) groups excluding carboxylic acids is 3. The van der Waals surface area contributed by atoms with Crippen LogP contribution in [0.25, 0.3) is 0 Å². The van der Waals surface area contributed by atoms with Crippen LogP contribution in [0.5, 0.6) is 0 Å². The summed E-state index contributed by atoms with van der Waals surface area (Å²) in [4.78, 5) is 34.4. The number of hydrogen-bond donors (Lipinski definition) is 0. The maximum atomic E-state index is 11.7. The highest BCUT2D eigenvalue weighted by molar-refractivity contribution is 6.39. The molecule has 1 aromatic rings. The average molecular weight is 236 g/mol. The van der Waals surface area contributed by atoms with Crippen molar-refractivity contribution in [3.05, 3.63) is 35.9 Å². The van der Waals surface area contributed by atoms with Gasteiger partial charge in [-0.15, -0.1) is 0 Å². The number of Topliss-reactive ketones (excluding diaryl/α,β-unsaturated/α-hetero) is 1. The molecule has 0 fully saturated rings. The Bertz CT molecular complexity index is 424. The van der Waals surface area contributed by atoms with Crippen LogP contribution in [0.15, 0.2) is 30.3 Å². The summed E-state index contributed by atoms with van der Waals surface area (Å²) in [5.41, 5.74) is 0.398. The Morgan fingerprint density at radius 3 is 2.06 bits per heavy atom. The molecule has 0 radical (unpaired) electrons. The summed E-state index contributed by atoms with van der Waals surface area (Å²) >= 11 is 0. The molecule has 0 spiro atoms. The van der Waals surface area contributed by atoms with Crippen molar-refractivity contribution in [2.75, 3.05) is 14.2 Å².